The molecule has 0 unspecified atom stereocenters. The normalized spacial score (nSPS) is 18.1. The van der Waals surface area contributed by atoms with Gasteiger partial charge in [0.15, 0.2) is 0 Å². The highest BCUT2D eigenvalue weighted by atomic mass is 32.2. The summed E-state index contributed by atoms with van der Waals surface area (Å²) in [5, 5.41) is 0. The number of thioether (sulfide) groups is 1. The predicted octanol–water partition coefficient (Wildman–Crippen LogP) is 3.19. The van der Waals surface area contributed by atoms with Crippen molar-refractivity contribution in [2.24, 2.45) is 0 Å². The maximum atomic E-state index is 2.56. The van der Waals surface area contributed by atoms with Crippen LogP contribution in [0.25, 0.3) is 0 Å². The van der Waals surface area contributed by atoms with Gasteiger partial charge in [0.05, 0.1) is 0 Å². The van der Waals surface area contributed by atoms with Crippen LogP contribution in [0, 0.1) is 0 Å². The summed E-state index contributed by atoms with van der Waals surface area (Å²) < 4.78 is 0. The fourth-order valence-corrected chi connectivity index (χ4v) is 3.65. The Kier molecular flexibility index (Phi) is 6.21. The third-order valence-electron chi connectivity index (χ3n) is 4.08. The highest BCUT2D eigenvalue weighted by Gasteiger charge is 2.20. The topological polar surface area (TPSA) is 6.48 Å². The Balaban J connectivity index is 1.66. The standard InChI is InChI=1S/C16H26N2S/c1-3-18-11-9-15(10-12-18)17(2)13-14-19-16-7-5-4-6-8-16/h4-8,15H,3,9-14H2,1-2H3. The molecular formula is C16H26N2S. The van der Waals surface area contributed by atoms with E-state index in [4.69, 9.17) is 0 Å². The zero-order chi connectivity index (χ0) is 13.5. The second-order valence-corrected chi connectivity index (χ2v) is 6.48. The SMILES string of the molecule is CCN1CCC(N(C)CCSc2ccccc2)CC1. The Morgan fingerprint density at radius 2 is 1.89 bits per heavy atom. The molecule has 0 amide bonds. The summed E-state index contributed by atoms with van der Waals surface area (Å²) in [6.45, 7) is 7.21. The molecule has 2 rings (SSSR count). The minimum Gasteiger partial charge on any atom is -0.303 e. The second-order valence-electron chi connectivity index (χ2n) is 5.31. The van der Waals surface area contributed by atoms with Crippen LogP contribution >= 0.6 is 11.8 Å². The van der Waals surface area contributed by atoms with E-state index in [0.717, 1.165) is 6.04 Å². The Morgan fingerprint density at radius 3 is 2.53 bits per heavy atom. The van der Waals surface area contributed by atoms with Gasteiger partial charge in [-0.1, -0.05) is 25.1 Å². The van der Waals surface area contributed by atoms with Gasteiger partial charge in [0.25, 0.3) is 0 Å². The number of piperidine rings is 1. The van der Waals surface area contributed by atoms with Crippen LogP contribution in [-0.4, -0.2) is 54.8 Å². The fourth-order valence-electron chi connectivity index (χ4n) is 2.68. The van der Waals surface area contributed by atoms with Crippen LogP contribution in [0.5, 0.6) is 0 Å². The zero-order valence-corrected chi connectivity index (χ0v) is 13.0. The van der Waals surface area contributed by atoms with Crippen molar-refractivity contribution < 1.29 is 0 Å². The number of hydrogen-bond acceptors (Lipinski definition) is 3. The van der Waals surface area contributed by atoms with E-state index < -0.39 is 0 Å². The summed E-state index contributed by atoms with van der Waals surface area (Å²) >= 11 is 1.97. The molecule has 19 heavy (non-hydrogen) atoms. The van der Waals surface area contributed by atoms with Gasteiger partial charge in [-0.25, -0.2) is 0 Å². The Morgan fingerprint density at radius 1 is 1.21 bits per heavy atom. The lowest BCUT2D eigenvalue weighted by Crippen LogP contribution is -2.43. The lowest BCUT2D eigenvalue weighted by Gasteiger charge is -2.36. The molecule has 1 aromatic rings. The van der Waals surface area contributed by atoms with Gasteiger partial charge in [0, 0.05) is 23.2 Å². The first-order chi connectivity index (χ1) is 9.29. The Labute approximate surface area is 122 Å². The highest BCUT2D eigenvalue weighted by molar-refractivity contribution is 7.99. The Bertz CT molecular complexity index is 347. The third kappa shape index (κ3) is 4.83. The summed E-state index contributed by atoms with van der Waals surface area (Å²) in [6, 6.07) is 11.5. The zero-order valence-electron chi connectivity index (χ0n) is 12.2. The lowest BCUT2D eigenvalue weighted by atomic mass is 10.0. The largest absolute Gasteiger partial charge is 0.303 e. The third-order valence-corrected chi connectivity index (χ3v) is 5.08. The quantitative estimate of drug-likeness (QED) is 0.738. The van der Waals surface area contributed by atoms with Gasteiger partial charge in [0.1, 0.15) is 0 Å². The van der Waals surface area contributed by atoms with Crippen molar-refractivity contribution in [1.82, 2.24) is 9.80 Å². The van der Waals surface area contributed by atoms with E-state index in [0.29, 0.717) is 0 Å². The van der Waals surface area contributed by atoms with Gasteiger partial charge in [-0.05, 0) is 51.7 Å². The average molecular weight is 278 g/mol. The van der Waals surface area contributed by atoms with Gasteiger partial charge in [-0.15, -0.1) is 11.8 Å². The van der Waals surface area contributed by atoms with Crippen LogP contribution in [-0.2, 0) is 0 Å². The van der Waals surface area contributed by atoms with Crippen LogP contribution in [0.1, 0.15) is 19.8 Å². The molecule has 0 spiro atoms. The number of likely N-dealkylation sites (tertiary alicyclic amines) is 1. The van der Waals surface area contributed by atoms with E-state index in [1.165, 1.54) is 49.7 Å². The Hall–Kier alpha value is -0.510. The van der Waals surface area contributed by atoms with Crippen molar-refractivity contribution in [3.05, 3.63) is 30.3 Å². The number of benzene rings is 1. The molecule has 0 aliphatic carbocycles. The van der Waals surface area contributed by atoms with Crippen molar-refractivity contribution in [1.29, 1.82) is 0 Å². The van der Waals surface area contributed by atoms with E-state index >= 15 is 0 Å². The summed E-state index contributed by atoms with van der Waals surface area (Å²) in [7, 11) is 2.29. The molecule has 1 heterocycles. The molecule has 0 atom stereocenters. The molecule has 3 heteroatoms. The van der Waals surface area contributed by atoms with E-state index in [1.54, 1.807) is 0 Å². The van der Waals surface area contributed by atoms with Gasteiger partial charge in [-0.2, -0.15) is 0 Å². The highest BCUT2D eigenvalue weighted by Crippen LogP contribution is 2.19. The molecule has 2 nitrogen and oxygen atoms in total. The van der Waals surface area contributed by atoms with E-state index in [9.17, 15) is 0 Å². The molecule has 1 fully saturated rings. The molecule has 0 aromatic heterocycles. The van der Waals surface area contributed by atoms with E-state index in [2.05, 4.69) is 54.1 Å². The van der Waals surface area contributed by atoms with Crippen molar-refractivity contribution >= 4 is 11.8 Å². The summed E-state index contributed by atoms with van der Waals surface area (Å²) in [5.74, 6) is 1.19. The molecule has 0 N–H and O–H groups in total. The average Bonchev–Trinajstić information content (AvgIpc) is 2.48. The number of nitrogens with zero attached hydrogens (tertiary/aromatic N) is 2. The molecule has 0 saturated carbocycles. The minimum atomic E-state index is 0.791. The predicted molar refractivity (Wildman–Crippen MR) is 84.9 cm³/mol. The van der Waals surface area contributed by atoms with Gasteiger partial charge < -0.3 is 9.80 Å². The monoisotopic (exact) mass is 278 g/mol. The van der Waals surface area contributed by atoms with Crippen LogP contribution in [0.3, 0.4) is 0 Å². The molecule has 1 aromatic carbocycles. The molecule has 1 saturated heterocycles. The second kappa shape index (κ2) is 7.93. The van der Waals surface area contributed by atoms with Crippen molar-refractivity contribution in [3.8, 4) is 0 Å². The molecule has 0 radical (unpaired) electrons. The van der Waals surface area contributed by atoms with Crippen LogP contribution in [0.4, 0.5) is 0 Å². The molecule has 0 bridgehead atoms. The van der Waals surface area contributed by atoms with E-state index in [1.807, 2.05) is 11.8 Å². The maximum absolute atomic E-state index is 2.56. The summed E-state index contributed by atoms with van der Waals surface area (Å²) in [5.41, 5.74) is 0. The molecular weight excluding hydrogens is 252 g/mol. The van der Waals surface area contributed by atoms with Crippen LogP contribution in [0.15, 0.2) is 35.2 Å². The van der Waals surface area contributed by atoms with Gasteiger partial charge in [0.2, 0.25) is 0 Å². The molecule has 1 aliphatic heterocycles. The number of rotatable bonds is 6. The van der Waals surface area contributed by atoms with E-state index in [-0.39, 0.29) is 0 Å². The molecule has 1 aliphatic rings. The smallest absolute Gasteiger partial charge is 0.0117 e. The van der Waals surface area contributed by atoms with Crippen LogP contribution < -0.4 is 0 Å². The summed E-state index contributed by atoms with van der Waals surface area (Å²) in [4.78, 5) is 6.50. The van der Waals surface area contributed by atoms with Gasteiger partial charge >= 0.3 is 0 Å². The lowest BCUT2D eigenvalue weighted by molar-refractivity contribution is 0.136. The summed E-state index contributed by atoms with van der Waals surface area (Å²) in [6.07, 6.45) is 2.67. The number of hydrogen-bond donors (Lipinski definition) is 0. The van der Waals surface area contributed by atoms with Crippen molar-refractivity contribution in [2.75, 3.05) is 39.0 Å². The molecule has 106 valence electrons. The first-order valence-electron chi connectivity index (χ1n) is 7.40. The van der Waals surface area contributed by atoms with Gasteiger partial charge in [-0.3, -0.25) is 0 Å². The fraction of sp³-hybridized carbons (Fsp3) is 0.625. The first kappa shape index (κ1) is 14.9. The minimum absolute atomic E-state index is 0.791. The van der Waals surface area contributed by atoms with Crippen molar-refractivity contribution in [2.45, 2.75) is 30.7 Å². The maximum Gasteiger partial charge on any atom is 0.0117 e. The first-order valence-corrected chi connectivity index (χ1v) is 8.38. The van der Waals surface area contributed by atoms with Crippen molar-refractivity contribution in [3.63, 3.8) is 0 Å². The van der Waals surface area contributed by atoms with Crippen LogP contribution in [0.2, 0.25) is 0 Å².